The van der Waals surface area contributed by atoms with Crippen LogP contribution in [-0.4, -0.2) is 24.7 Å². The minimum atomic E-state index is -0.768. The lowest BCUT2D eigenvalue weighted by atomic mass is 9.90. The highest BCUT2D eigenvalue weighted by atomic mass is 35.5. The van der Waals surface area contributed by atoms with Gasteiger partial charge in [0.15, 0.2) is 0 Å². The van der Waals surface area contributed by atoms with E-state index in [2.05, 4.69) is 5.32 Å². The van der Waals surface area contributed by atoms with Crippen molar-refractivity contribution < 1.29 is 14.6 Å². The summed E-state index contributed by atoms with van der Waals surface area (Å²) in [6.07, 6.45) is 1.30. The summed E-state index contributed by atoms with van der Waals surface area (Å²) in [5.41, 5.74) is 0.806. The molecule has 0 spiro atoms. The molecule has 0 radical (unpaired) electrons. The van der Waals surface area contributed by atoms with Crippen LogP contribution < -0.4 is 10.1 Å². The number of hydrogen-bond donors (Lipinski definition) is 2. The Morgan fingerprint density at radius 1 is 1.42 bits per heavy atom. The Labute approximate surface area is 121 Å². The predicted molar refractivity (Wildman–Crippen MR) is 74.1 cm³/mol. The van der Waals surface area contributed by atoms with Gasteiger partial charge in [0.05, 0.1) is 23.1 Å². The SMILES string of the molecule is COc1ccc(Cl)c(Cl)c1C1CCC(C(=O)O)CN1. The first-order chi connectivity index (χ1) is 9.04. The van der Waals surface area contributed by atoms with E-state index >= 15 is 0 Å². The molecule has 19 heavy (non-hydrogen) atoms. The predicted octanol–water partition coefficient (Wildman–Crippen LogP) is 3.13. The van der Waals surface area contributed by atoms with E-state index in [1.807, 2.05) is 0 Å². The molecule has 1 heterocycles. The minimum absolute atomic E-state index is 0.0308. The molecule has 2 N–H and O–H groups in total. The van der Waals surface area contributed by atoms with Crippen LogP contribution in [0.15, 0.2) is 12.1 Å². The highest BCUT2D eigenvalue weighted by molar-refractivity contribution is 6.42. The molecule has 0 saturated carbocycles. The zero-order valence-corrected chi connectivity index (χ0v) is 12.0. The van der Waals surface area contributed by atoms with Crippen molar-refractivity contribution in [3.05, 3.63) is 27.7 Å². The van der Waals surface area contributed by atoms with E-state index in [-0.39, 0.29) is 12.0 Å². The normalized spacial score (nSPS) is 23.1. The number of methoxy groups -OCH3 is 1. The first-order valence-electron chi connectivity index (χ1n) is 6.02. The van der Waals surface area contributed by atoms with E-state index in [4.69, 9.17) is 33.0 Å². The molecule has 1 aliphatic rings. The number of carboxylic acid groups (broad SMARTS) is 1. The zero-order valence-electron chi connectivity index (χ0n) is 10.5. The number of aliphatic carboxylic acids is 1. The number of carboxylic acids is 1. The van der Waals surface area contributed by atoms with Gasteiger partial charge in [0, 0.05) is 18.2 Å². The Morgan fingerprint density at radius 2 is 2.16 bits per heavy atom. The third-order valence-electron chi connectivity index (χ3n) is 3.42. The van der Waals surface area contributed by atoms with Gasteiger partial charge in [-0.05, 0) is 25.0 Å². The van der Waals surface area contributed by atoms with Gasteiger partial charge in [-0.1, -0.05) is 23.2 Å². The molecule has 1 aliphatic heterocycles. The number of carbonyl (C=O) groups is 1. The summed E-state index contributed by atoms with van der Waals surface area (Å²) in [5.74, 6) is -0.448. The van der Waals surface area contributed by atoms with Crippen LogP contribution >= 0.6 is 23.2 Å². The van der Waals surface area contributed by atoms with E-state index < -0.39 is 5.97 Å². The van der Waals surface area contributed by atoms with Gasteiger partial charge in [0.1, 0.15) is 5.75 Å². The Morgan fingerprint density at radius 3 is 2.68 bits per heavy atom. The van der Waals surface area contributed by atoms with Crippen LogP contribution in [0, 0.1) is 5.92 Å². The molecule has 104 valence electrons. The third kappa shape index (κ3) is 2.96. The first kappa shape index (κ1) is 14.4. The van der Waals surface area contributed by atoms with Crippen LogP contribution in [0.5, 0.6) is 5.75 Å². The molecule has 0 aromatic heterocycles. The molecule has 0 aliphatic carbocycles. The van der Waals surface area contributed by atoms with Crippen molar-refractivity contribution in [1.29, 1.82) is 0 Å². The number of piperidine rings is 1. The van der Waals surface area contributed by atoms with Gasteiger partial charge >= 0.3 is 5.97 Å². The van der Waals surface area contributed by atoms with Crippen LogP contribution in [0.1, 0.15) is 24.4 Å². The molecule has 2 unspecified atom stereocenters. The van der Waals surface area contributed by atoms with E-state index in [1.165, 1.54) is 0 Å². The van der Waals surface area contributed by atoms with Gasteiger partial charge in [-0.25, -0.2) is 0 Å². The molecule has 1 aromatic rings. The highest BCUT2D eigenvalue weighted by Gasteiger charge is 2.29. The van der Waals surface area contributed by atoms with Crippen molar-refractivity contribution >= 4 is 29.2 Å². The minimum Gasteiger partial charge on any atom is -0.496 e. The summed E-state index contributed by atoms with van der Waals surface area (Å²) in [6.45, 7) is 0.423. The molecule has 1 aromatic carbocycles. The van der Waals surface area contributed by atoms with Gasteiger partial charge in [0.2, 0.25) is 0 Å². The topological polar surface area (TPSA) is 58.6 Å². The second kappa shape index (κ2) is 5.99. The Hall–Kier alpha value is -0.970. The van der Waals surface area contributed by atoms with E-state index in [0.29, 0.717) is 35.2 Å². The summed E-state index contributed by atoms with van der Waals surface area (Å²) in [5, 5.41) is 13.1. The largest absolute Gasteiger partial charge is 0.496 e. The van der Waals surface area contributed by atoms with Crippen molar-refractivity contribution in [2.45, 2.75) is 18.9 Å². The first-order valence-corrected chi connectivity index (χ1v) is 6.78. The van der Waals surface area contributed by atoms with E-state index in [9.17, 15) is 4.79 Å². The number of hydrogen-bond acceptors (Lipinski definition) is 3. The van der Waals surface area contributed by atoms with Crippen LogP contribution in [0.2, 0.25) is 10.0 Å². The van der Waals surface area contributed by atoms with Gasteiger partial charge in [-0.15, -0.1) is 0 Å². The van der Waals surface area contributed by atoms with Crippen LogP contribution in [0.4, 0.5) is 0 Å². The molecule has 6 heteroatoms. The quantitative estimate of drug-likeness (QED) is 0.901. The second-order valence-electron chi connectivity index (χ2n) is 4.55. The summed E-state index contributed by atoms with van der Waals surface area (Å²) in [6, 6.07) is 3.43. The summed E-state index contributed by atoms with van der Waals surface area (Å²) < 4.78 is 5.31. The van der Waals surface area contributed by atoms with E-state index in [1.54, 1.807) is 19.2 Å². The molecular formula is C13H15Cl2NO3. The molecule has 2 atom stereocenters. The third-order valence-corrected chi connectivity index (χ3v) is 4.24. The van der Waals surface area contributed by atoms with Crippen molar-refractivity contribution in [2.24, 2.45) is 5.92 Å². The average molecular weight is 304 g/mol. The lowest BCUT2D eigenvalue weighted by Gasteiger charge is -2.29. The van der Waals surface area contributed by atoms with Crippen molar-refractivity contribution in [3.8, 4) is 5.75 Å². The summed E-state index contributed by atoms with van der Waals surface area (Å²) in [4.78, 5) is 10.9. The lowest BCUT2D eigenvalue weighted by molar-refractivity contribution is -0.142. The number of rotatable bonds is 3. The van der Waals surface area contributed by atoms with Crippen molar-refractivity contribution in [2.75, 3.05) is 13.7 Å². The smallest absolute Gasteiger partial charge is 0.307 e. The fourth-order valence-electron chi connectivity index (χ4n) is 2.36. The van der Waals surface area contributed by atoms with Crippen LogP contribution in [0.25, 0.3) is 0 Å². The van der Waals surface area contributed by atoms with Gasteiger partial charge in [0.25, 0.3) is 0 Å². The second-order valence-corrected chi connectivity index (χ2v) is 5.34. The standard InChI is InChI=1S/C13H15Cl2NO3/c1-19-10-5-3-8(14)12(15)11(10)9-4-2-7(6-16-9)13(17)18/h3,5,7,9,16H,2,4,6H2,1H3,(H,17,18). The maximum Gasteiger partial charge on any atom is 0.307 e. The number of ether oxygens (including phenoxy) is 1. The highest BCUT2D eigenvalue weighted by Crippen LogP contribution is 2.40. The molecule has 1 fully saturated rings. The average Bonchev–Trinajstić information content (AvgIpc) is 2.42. The Balaban J connectivity index is 2.24. The van der Waals surface area contributed by atoms with Crippen molar-refractivity contribution in [1.82, 2.24) is 5.32 Å². The summed E-state index contributed by atoms with van der Waals surface area (Å²) in [7, 11) is 1.58. The van der Waals surface area contributed by atoms with Crippen LogP contribution in [-0.2, 0) is 4.79 Å². The molecule has 0 bridgehead atoms. The molecular weight excluding hydrogens is 289 g/mol. The fraction of sp³-hybridized carbons (Fsp3) is 0.462. The monoisotopic (exact) mass is 303 g/mol. The van der Waals surface area contributed by atoms with Gasteiger partial charge in [-0.2, -0.15) is 0 Å². The van der Waals surface area contributed by atoms with Gasteiger partial charge in [-0.3, -0.25) is 4.79 Å². The molecule has 4 nitrogen and oxygen atoms in total. The maximum absolute atomic E-state index is 10.9. The molecule has 0 amide bonds. The van der Waals surface area contributed by atoms with Gasteiger partial charge < -0.3 is 15.2 Å². The van der Waals surface area contributed by atoms with Crippen molar-refractivity contribution in [3.63, 3.8) is 0 Å². The Kier molecular flexibility index (Phi) is 4.55. The number of benzene rings is 1. The molecule has 1 saturated heterocycles. The zero-order chi connectivity index (χ0) is 14.0. The Bertz CT molecular complexity index is 485. The van der Waals surface area contributed by atoms with Crippen LogP contribution in [0.3, 0.4) is 0 Å². The number of nitrogens with one attached hydrogen (secondary N) is 1. The summed E-state index contributed by atoms with van der Waals surface area (Å²) >= 11 is 12.3. The molecule has 2 rings (SSSR count). The van der Waals surface area contributed by atoms with E-state index in [0.717, 1.165) is 5.56 Å². The number of halogens is 2. The lowest BCUT2D eigenvalue weighted by Crippen LogP contribution is -2.37. The fourth-order valence-corrected chi connectivity index (χ4v) is 2.82. The maximum atomic E-state index is 10.9.